The topological polar surface area (TPSA) is 44.4 Å². The fourth-order valence-electron chi connectivity index (χ4n) is 2.25. The summed E-state index contributed by atoms with van der Waals surface area (Å²) in [4.78, 5) is 14.0. The number of benzene rings is 1. The Balaban J connectivity index is 1.88. The number of carbonyl (C=O) groups excluding carboxylic acids is 1. The Morgan fingerprint density at radius 3 is 2.32 bits per heavy atom. The molecule has 1 aliphatic rings. The van der Waals surface area contributed by atoms with Crippen molar-refractivity contribution in [2.75, 3.05) is 23.3 Å². The van der Waals surface area contributed by atoms with Crippen molar-refractivity contribution in [3.8, 4) is 0 Å². The molecule has 0 radical (unpaired) electrons. The first-order valence-electron chi connectivity index (χ1n) is 7.15. The van der Waals surface area contributed by atoms with Crippen molar-refractivity contribution in [2.24, 2.45) is 0 Å². The van der Waals surface area contributed by atoms with Gasteiger partial charge in [-0.25, -0.2) is 4.79 Å². The fourth-order valence-corrected chi connectivity index (χ4v) is 2.25. The highest BCUT2D eigenvalue weighted by atomic mass is 16.2. The Morgan fingerprint density at radius 1 is 1.21 bits per heavy atom. The number of anilines is 2. The highest BCUT2D eigenvalue weighted by Crippen LogP contribution is 2.19. The third-order valence-electron chi connectivity index (χ3n) is 3.69. The summed E-state index contributed by atoms with van der Waals surface area (Å²) >= 11 is 0. The molecule has 1 aromatic carbocycles. The summed E-state index contributed by atoms with van der Waals surface area (Å²) in [7, 11) is 0. The molecule has 0 spiro atoms. The van der Waals surface area contributed by atoms with E-state index in [1.165, 1.54) is 12.1 Å². The number of nitrogens with one attached hydrogen (secondary N) is 2. The van der Waals surface area contributed by atoms with Gasteiger partial charge >= 0.3 is 6.03 Å². The Bertz CT molecular complexity index is 408. The van der Waals surface area contributed by atoms with Crippen molar-refractivity contribution in [1.29, 1.82) is 0 Å². The maximum absolute atomic E-state index is 11.7. The van der Waals surface area contributed by atoms with Crippen LogP contribution in [-0.2, 0) is 0 Å². The molecule has 0 aromatic heterocycles. The average molecular weight is 261 g/mol. The summed E-state index contributed by atoms with van der Waals surface area (Å²) in [5.74, 6) is 0. The second kappa shape index (κ2) is 6.45. The predicted octanol–water partition coefficient (Wildman–Crippen LogP) is 3.21. The van der Waals surface area contributed by atoms with Crippen LogP contribution in [-0.4, -0.2) is 25.2 Å². The standard InChI is InChI=1S/C15H23N3O/c1-3-18(4-2)14-10-8-13(9-11-14)17-15(19)16-12-6-5-7-12/h8-12H,3-7H2,1-2H3,(H2,16,17,19). The fraction of sp³-hybridized carbons (Fsp3) is 0.533. The van der Waals surface area contributed by atoms with Gasteiger partial charge in [-0.15, -0.1) is 0 Å². The molecule has 0 saturated heterocycles. The number of rotatable bonds is 5. The lowest BCUT2D eigenvalue weighted by molar-refractivity contribution is 0.240. The summed E-state index contributed by atoms with van der Waals surface area (Å²) in [6, 6.07) is 8.27. The number of amides is 2. The molecule has 1 aromatic rings. The van der Waals surface area contributed by atoms with Crippen LogP contribution in [0.25, 0.3) is 0 Å². The molecule has 2 N–H and O–H groups in total. The van der Waals surface area contributed by atoms with Gasteiger partial charge < -0.3 is 15.5 Å². The zero-order valence-corrected chi connectivity index (χ0v) is 11.8. The summed E-state index contributed by atoms with van der Waals surface area (Å²) < 4.78 is 0. The molecule has 104 valence electrons. The molecule has 4 heteroatoms. The van der Waals surface area contributed by atoms with Crippen molar-refractivity contribution in [2.45, 2.75) is 39.2 Å². The lowest BCUT2D eigenvalue weighted by Gasteiger charge is -2.26. The Labute approximate surface area is 115 Å². The largest absolute Gasteiger partial charge is 0.372 e. The summed E-state index contributed by atoms with van der Waals surface area (Å²) in [6.45, 7) is 6.26. The second-order valence-electron chi connectivity index (χ2n) is 4.95. The van der Waals surface area contributed by atoms with Crippen molar-refractivity contribution in [1.82, 2.24) is 5.32 Å². The minimum atomic E-state index is -0.0970. The quantitative estimate of drug-likeness (QED) is 0.855. The molecular formula is C15H23N3O. The van der Waals surface area contributed by atoms with Gasteiger partial charge in [0.1, 0.15) is 0 Å². The molecule has 0 heterocycles. The number of urea groups is 1. The van der Waals surface area contributed by atoms with Crippen molar-refractivity contribution in [3.05, 3.63) is 24.3 Å². The van der Waals surface area contributed by atoms with Crippen LogP contribution in [0.4, 0.5) is 16.2 Å². The number of hydrogen-bond donors (Lipinski definition) is 2. The smallest absolute Gasteiger partial charge is 0.319 e. The molecule has 0 aliphatic heterocycles. The second-order valence-corrected chi connectivity index (χ2v) is 4.95. The lowest BCUT2D eigenvalue weighted by Crippen LogP contribution is -2.41. The predicted molar refractivity (Wildman–Crippen MR) is 79.8 cm³/mol. The summed E-state index contributed by atoms with van der Waals surface area (Å²) in [5, 5.41) is 5.84. The molecule has 2 rings (SSSR count). The molecule has 1 aliphatic carbocycles. The van der Waals surface area contributed by atoms with E-state index in [9.17, 15) is 4.79 Å². The highest BCUT2D eigenvalue weighted by Gasteiger charge is 2.19. The van der Waals surface area contributed by atoms with E-state index < -0.39 is 0 Å². The van der Waals surface area contributed by atoms with Gasteiger partial charge in [0.05, 0.1) is 0 Å². The van der Waals surface area contributed by atoms with E-state index in [0.29, 0.717) is 6.04 Å². The van der Waals surface area contributed by atoms with Gasteiger partial charge in [-0.1, -0.05) is 0 Å². The molecule has 2 amide bonds. The molecule has 0 atom stereocenters. The normalized spacial score (nSPS) is 14.6. The van der Waals surface area contributed by atoms with E-state index in [4.69, 9.17) is 0 Å². The van der Waals surface area contributed by atoms with E-state index in [0.717, 1.165) is 31.6 Å². The van der Waals surface area contributed by atoms with Crippen LogP contribution in [0, 0.1) is 0 Å². The maximum Gasteiger partial charge on any atom is 0.319 e. The van der Waals surface area contributed by atoms with E-state index in [1.54, 1.807) is 0 Å². The highest BCUT2D eigenvalue weighted by molar-refractivity contribution is 5.89. The maximum atomic E-state index is 11.7. The SMILES string of the molecule is CCN(CC)c1ccc(NC(=O)NC2CCC2)cc1. The molecule has 1 fully saturated rings. The van der Waals surface area contributed by atoms with Gasteiger partial charge in [-0.3, -0.25) is 0 Å². The molecule has 19 heavy (non-hydrogen) atoms. The minimum absolute atomic E-state index is 0.0970. The zero-order chi connectivity index (χ0) is 13.7. The number of carbonyl (C=O) groups is 1. The third-order valence-corrected chi connectivity index (χ3v) is 3.69. The minimum Gasteiger partial charge on any atom is -0.372 e. The molecule has 4 nitrogen and oxygen atoms in total. The van der Waals surface area contributed by atoms with E-state index in [1.807, 2.05) is 24.3 Å². The Hall–Kier alpha value is -1.71. The van der Waals surface area contributed by atoms with Crippen LogP contribution < -0.4 is 15.5 Å². The third kappa shape index (κ3) is 3.63. The van der Waals surface area contributed by atoms with Crippen molar-refractivity contribution < 1.29 is 4.79 Å². The van der Waals surface area contributed by atoms with E-state index in [-0.39, 0.29) is 6.03 Å². The van der Waals surface area contributed by atoms with Gasteiger partial charge in [0.25, 0.3) is 0 Å². The Kier molecular flexibility index (Phi) is 4.66. The average Bonchev–Trinajstić information content (AvgIpc) is 2.37. The molecule has 0 bridgehead atoms. The first-order chi connectivity index (χ1) is 9.22. The van der Waals surface area contributed by atoms with Crippen LogP contribution in [0.5, 0.6) is 0 Å². The molecule has 0 unspecified atom stereocenters. The first kappa shape index (κ1) is 13.7. The van der Waals surface area contributed by atoms with Crippen molar-refractivity contribution in [3.63, 3.8) is 0 Å². The zero-order valence-electron chi connectivity index (χ0n) is 11.8. The van der Waals surface area contributed by atoms with Gasteiger partial charge in [0.2, 0.25) is 0 Å². The van der Waals surface area contributed by atoms with Crippen LogP contribution in [0.3, 0.4) is 0 Å². The number of nitrogens with zero attached hydrogens (tertiary/aromatic N) is 1. The van der Waals surface area contributed by atoms with E-state index in [2.05, 4.69) is 29.4 Å². The van der Waals surface area contributed by atoms with Gasteiger partial charge in [0.15, 0.2) is 0 Å². The summed E-state index contributed by atoms with van der Waals surface area (Å²) in [6.07, 6.45) is 3.44. The first-order valence-corrected chi connectivity index (χ1v) is 7.15. The van der Waals surface area contributed by atoms with Gasteiger partial charge in [-0.05, 0) is 57.4 Å². The van der Waals surface area contributed by atoms with Crippen LogP contribution in [0.1, 0.15) is 33.1 Å². The van der Waals surface area contributed by atoms with Crippen LogP contribution >= 0.6 is 0 Å². The molecule has 1 saturated carbocycles. The lowest BCUT2D eigenvalue weighted by atomic mass is 9.93. The number of hydrogen-bond acceptors (Lipinski definition) is 2. The monoisotopic (exact) mass is 261 g/mol. The Morgan fingerprint density at radius 2 is 1.84 bits per heavy atom. The summed E-state index contributed by atoms with van der Waals surface area (Å²) in [5.41, 5.74) is 2.03. The van der Waals surface area contributed by atoms with Crippen molar-refractivity contribution >= 4 is 17.4 Å². The van der Waals surface area contributed by atoms with Crippen LogP contribution in [0.15, 0.2) is 24.3 Å². The van der Waals surface area contributed by atoms with Gasteiger partial charge in [0, 0.05) is 30.5 Å². The van der Waals surface area contributed by atoms with Gasteiger partial charge in [-0.2, -0.15) is 0 Å². The van der Waals surface area contributed by atoms with Crippen LogP contribution in [0.2, 0.25) is 0 Å². The molecular weight excluding hydrogens is 238 g/mol. The van der Waals surface area contributed by atoms with E-state index >= 15 is 0 Å².